The SMILES string of the molecule is C=CCCN(C(=O)OC)C(C=C)C1COC(C)(C)O1. The summed E-state index contributed by atoms with van der Waals surface area (Å²) in [6.45, 7) is 12.1. The number of hydrogen-bond acceptors (Lipinski definition) is 4. The molecule has 0 bridgehead atoms. The van der Waals surface area contributed by atoms with Crippen molar-refractivity contribution in [3.05, 3.63) is 25.3 Å². The average molecular weight is 269 g/mol. The van der Waals surface area contributed by atoms with Crippen molar-refractivity contribution in [3.8, 4) is 0 Å². The number of ether oxygens (including phenoxy) is 3. The van der Waals surface area contributed by atoms with E-state index in [0.717, 1.165) is 0 Å². The highest BCUT2D eigenvalue weighted by atomic mass is 16.7. The first kappa shape index (κ1) is 15.7. The molecule has 1 amide bonds. The molecule has 108 valence electrons. The van der Waals surface area contributed by atoms with Crippen LogP contribution in [0.4, 0.5) is 4.79 Å². The normalized spacial score (nSPS) is 22.6. The zero-order valence-electron chi connectivity index (χ0n) is 11.9. The van der Waals surface area contributed by atoms with E-state index < -0.39 is 11.9 Å². The van der Waals surface area contributed by atoms with Crippen molar-refractivity contribution in [2.24, 2.45) is 0 Å². The second-order valence-corrected chi connectivity index (χ2v) is 4.83. The number of nitrogens with zero attached hydrogens (tertiary/aromatic N) is 1. The second-order valence-electron chi connectivity index (χ2n) is 4.83. The standard InChI is InChI=1S/C14H23NO4/c1-6-8-9-15(13(16)17-5)11(7-2)12-10-18-14(3,4)19-12/h6-7,11-12H,1-2,8-10H2,3-5H3. The Morgan fingerprint density at radius 1 is 1.58 bits per heavy atom. The van der Waals surface area contributed by atoms with Gasteiger partial charge in [0.2, 0.25) is 0 Å². The van der Waals surface area contributed by atoms with Crippen molar-refractivity contribution in [2.45, 2.75) is 38.2 Å². The molecule has 1 rings (SSSR count). The summed E-state index contributed by atoms with van der Waals surface area (Å²) in [5.41, 5.74) is 0. The quantitative estimate of drug-likeness (QED) is 0.694. The van der Waals surface area contributed by atoms with E-state index in [1.54, 1.807) is 17.1 Å². The van der Waals surface area contributed by atoms with Crippen LogP contribution in [0.25, 0.3) is 0 Å². The van der Waals surface area contributed by atoms with E-state index in [1.807, 2.05) is 13.8 Å². The molecule has 0 N–H and O–H groups in total. The molecule has 1 fully saturated rings. The Morgan fingerprint density at radius 2 is 2.26 bits per heavy atom. The molecule has 19 heavy (non-hydrogen) atoms. The number of hydrogen-bond donors (Lipinski definition) is 0. The molecule has 0 aromatic heterocycles. The lowest BCUT2D eigenvalue weighted by atomic mass is 10.1. The Balaban J connectivity index is 2.81. The molecule has 0 aromatic carbocycles. The summed E-state index contributed by atoms with van der Waals surface area (Å²) in [4.78, 5) is 13.4. The fraction of sp³-hybridized carbons (Fsp3) is 0.643. The van der Waals surface area contributed by atoms with Crippen molar-refractivity contribution < 1.29 is 19.0 Å². The first-order valence-electron chi connectivity index (χ1n) is 6.35. The predicted molar refractivity (Wildman–Crippen MR) is 72.8 cm³/mol. The molecule has 1 saturated heterocycles. The van der Waals surface area contributed by atoms with Gasteiger partial charge in [0, 0.05) is 6.54 Å². The van der Waals surface area contributed by atoms with Gasteiger partial charge in [0.25, 0.3) is 0 Å². The highest BCUT2D eigenvalue weighted by molar-refractivity contribution is 5.68. The summed E-state index contributed by atoms with van der Waals surface area (Å²) < 4.78 is 16.1. The van der Waals surface area contributed by atoms with E-state index in [4.69, 9.17) is 14.2 Å². The van der Waals surface area contributed by atoms with Crippen LogP contribution in [0.5, 0.6) is 0 Å². The van der Waals surface area contributed by atoms with Crippen molar-refractivity contribution in [1.29, 1.82) is 0 Å². The van der Waals surface area contributed by atoms with E-state index in [2.05, 4.69) is 13.2 Å². The highest BCUT2D eigenvalue weighted by Gasteiger charge is 2.39. The molecule has 1 heterocycles. The predicted octanol–water partition coefficient (Wildman–Crippen LogP) is 2.34. The van der Waals surface area contributed by atoms with E-state index >= 15 is 0 Å². The zero-order valence-corrected chi connectivity index (χ0v) is 11.9. The molecule has 1 aliphatic rings. The van der Waals surface area contributed by atoms with Gasteiger partial charge in [0.1, 0.15) is 6.10 Å². The lowest BCUT2D eigenvalue weighted by Gasteiger charge is -2.31. The van der Waals surface area contributed by atoms with E-state index in [9.17, 15) is 4.79 Å². The third kappa shape index (κ3) is 4.08. The van der Waals surface area contributed by atoms with Crippen LogP contribution < -0.4 is 0 Å². The van der Waals surface area contributed by atoms with Crippen LogP contribution in [0.15, 0.2) is 25.3 Å². The van der Waals surface area contributed by atoms with Gasteiger partial charge < -0.3 is 14.2 Å². The van der Waals surface area contributed by atoms with Crippen molar-refractivity contribution in [2.75, 3.05) is 20.3 Å². The summed E-state index contributed by atoms with van der Waals surface area (Å²) in [6, 6.07) is -0.283. The maximum Gasteiger partial charge on any atom is 0.410 e. The molecular formula is C14H23NO4. The van der Waals surface area contributed by atoms with Gasteiger partial charge in [-0.25, -0.2) is 4.79 Å². The third-order valence-corrected chi connectivity index (χ3v) is 3.00. The molecule has 0 aliphatic carbocycles. The molecule has 0 spiro atoms. The van der Waals surface area contributed by atoms with Crippen LogP contribution in [-0.2, 0) is 14.2 Å². The van der Waals surface area contributed by atoms with Crippen LogP contribution >= 0.6 is 0 Å². The Morgan fingerprint density at radius 3 is 2.68 bits per heavy atom. The van der Waals surface area contributed by atoms with Crippen LogP contribution in [0.3, 0.4) is 0 Å². The molecule has 2 atom stereocenters. The molecule has 1 aliphatic heterocycles. The van der Waals surface area contributed by atoms with Crippen molar-refractivity contribution in [1.82, 2.24) is 4.90 Å². The summed E-state index contributed by atoms with van der Waals surface area (Å²) in [7, 11) is 1.36. The van der Waals surface area contributed by atoms with Gasteiger partial charge in [0.15, 0.2) is 5.79 Å². The lowest BCUT2D eigenvalue weighted by Crippen LogP contribution is -2.47. The maximum atomic E-state index is 11.9. The molecule has 0 radical (unpaired) electrons. The first-order chi connectivity index (χ1) is 8.95. The number of carbonyl (C=O) groups excluding carboxylic acids is 1. The van der Waals surface area contributed by atoms with Gasteiger partial charge in [-0.05, 0) is 20.3 Å². The van der Waals surface area contributed by atoms with Crippen LogP contribution in [0.2, 0.25) is 0 Å². The Labute approximate surface area is 114 Å². The van der Waals surface area contributed by atoms with E-state index in [0.29, 0.717) is 19.6 Å². The van der Waals surface area contributed by atoms with Gasteiger partial charge in [-0.15, -0.1) is 13.2 Å². The van der Waals surface area contributed by atoms with E-state index in [1.165, 1.54) is 7.11 Å². The number of amides is 1. The fourth-order valence-corrected chi connectivity index (χ4v) is 2.07. The van der Waals surface area contributed by atoms with Gasteiger partial charge in [-0.3, -0.25) is 4.90 Å². The van der Waals surface area contributed by atoms with Crippen LogP contribution in [0.1, 0.15) is 20.3 Å². The number of carbonyl (C=O) groups is 1. The first-order valence-corrected chi connectivity index (χ1v) is 6.35. The van der Waals surface area contributed by atoms with Gasteiger partial charge in [-0.2, -0.15) is 0 Å². The second kappa shape index (κ2) is 6.73. The van der Waals surface area contributed by atoms with Gasteiger partial charge in [-0.1, -0.05) is 12.2 Å². The van der Waals surface area contributed by atoms with Gasteiger partial charge >= 0.3 is 6.09 Å². The molecule has 0 saturated carbocycles. The lowest BCUT2D eigenvalue weighted by molar-refractivity contribution is -0.143. The summed E-state index contributed by atoms with van der Waals surface area (Å²) >= 11 is 0. The molecule has 0 aromatic rings. The van der Waals surface area contributed by atoms with Crippen LogP contribution in [-0.4, -0.2) is 49.2 Å². The Hall–Kier alpha value is -1.33. The fourth-order valence-electron chi connectivity index (χ4n) is 2.07. The molecule has 5 heteroatoms. The smallest absolute Gasteiger partial charge is 0.410 e. The Bertz CT molecular complexity index is 340. The minimum absolute atomic E-state index is 0.239. The van der Waals surface area contributed by atoms with Crippen molar-refractivity contribution >= 4 is 6.09 Å². The molecule has 5 nitrogen and oxygen atoms in total. The average Bonchev–Trinajstić information content (AvgIpc) is 2.73. The topological polar surface area (TPSA) is 48.0 Å². The minimum Gasteiger partial charge on any atom is -0.453 e. The molecule has 2 unspecified atom stereocenters. The Kier molecular flexibility index (Phi) is 5.57. The summed E-state index contributed by atoms with van der Waals surface area (Å²) in [5, 5.41) is 0. The maximum absolute atomic E-state index is 11.9. The largest absolute Gasteiger partial charge is 0.453 e. The van der Waals surface area contributed by atoms with Crippen molar-refractivity contribution in [3.63, 3.8) is 0 Å². The van der Waals surface area contributed by atoms with Crippen LogP contribution in [0, 0.1) is 0 Å². The minimum atomic E-state index is -0.633. The highest BCUT2D eigenvalue weighted by Crippen LogP contribution is 2.27. The van der Waals surface area contributed by atoms with E-state index in [-0.39, 0.29) is 12.1 Å². The zero-order chi connectivity index (χ0) is 14.5. The third-order valence-electron chi connectivity index (χ3n) is 3.00. The number of methoxy groups -OCH3 is 1. The summed E-state index contributed by atoms with van der Waals surface area (Å²) in [6.07, 6.45) is 3.48. The number of rotatable bonds is 6. The molecular weight excluding hydrogens is 246 g/mol. The summed E-state index contributed by atoms with van der Waals surface area (Å²) in [5.74, 6) is -0.633. The van der Waals surface area contributed by atoms with Gasteiger partial charge in [0.05, 0.1) is 19.8 Å². The monoisotopic (exact) mass is 269 g/mol.